The van der Waals surface area contributed by atoms with Crippen molar-refractivity contribution >= 4 is 11.5 Å². The third-order valence-electron chi connectivity index (χ3n) is 2.64. The van der Waals surface area contributed by atoms with Crippen molar-refractivity contribution in [2.45, 2.75) is 12.8 Å². The summed E-state index contributed by atoms with van der Waals surface area (Å²) in [5, 5.41) is 21.4. The van der Waals surface area contributed by atoms with Gasteiger partial charge < -0.3 is 10.8 Å². The molecule has 86 valence electrons. The molecular formula is C11H11N5O. The fraction of sp³-hybridized carbons (Fsp3) is 0.182. The molecule has 1 unspecified atom stereocenters. The molecule has 0 fully saturated rings. The predicted molar refractivity (Wildman–Crippen MR) is 61.7 cm³/mol. The van der Waals surface area contributed by atoms with Crippen LogP contribution in [-0.2, 0) is 6.61 Å². The third kappa shape index (κ3) is 1.58. The first kappa shape index (κ1) is 9.98. The van der Waals surface area contributed by atoms with E-state index in [0.717, 1.165) is 5.56 Å². The normalized spacial score (nSPS) is 17.4. The molecule has 3 N–H and O–H groups in total. The Morgan fingerprint density at radius 2 is 2.24 bits per heavy atom. The number of nitrogen functional groups attached to an aromatic ring is 1. The van der Waals surface area contributed by atoms with Crippen molar-refractivity contribution < 1.29 is 5.11 Å². The zero-order valence-corrected chi connectivity index (χ0v) is 8.98. The number of hydrogen-bond acceptors (Lipinski definition) is 5. The second-order valence-electron chi connectivity index (χ2n) is 3.86. The standard InChI is InChI=1S/C11H11N5O/c12-8-3-1-2-7(4-8)11-14-13-10-5-9(6-17)15-16(10)11/h1-5,11,17H,6,12H2. The molecule has 1 aliphatic heterocycles. The van der Waals surface area contributed by atoms with Gasteiger partial charge >= 0.3 is 0 Å². The lowest BCUT2D eigenvalue weighted by Crippen LogP contribution is -2.07. The van der Waals surface area contributed by atoms with Crippen molar-refractivity contribution in [2.75, 3.05) is 5.73 Å². The highest BCUT2D eigenvalue weighted by Crippen LogP contribution is 2.33. The zero-order chi connectivity index (χ0) is 11.8. The number of aromatic nitrogens is 2. The Kier molecular flexibility index (Phi) is 2.15. The van der Waals surface area contributed by atoms with Crippen LogP contribution < -0.4 is 5.73 Å². The van der Waals surface area contributed by atoms with Gasteiger partial charge in [-0.3, -0.25) is 0 Å². The molecule has 1 atom stereocenters. The van der Waals surface area contributed by atoms with Crippen molar-refractivity contribution in [3.05, 3.63) is 41.6 Å². The maximum atomic E-state index is 9.03. The molecule has 0 spiro atoms. The number of benzene rings is 1. The number of hydrogen-bond donors (Lipinski definition) is 2. The minimum atomic E-state index is -0.284. The fourth-order valence-electron chi connectivity index (χ4n) is 1.86. The number of aliphatic hydroxyl groups excluding tert-OH is 1. The molecule has 6 nitrogen and oxygen atoms in total. The zero-order valence-electron chi connectivity index (χ0n) is 8.98. The van der Waals surface area contributed by atoms with Gasteiger partial charge in [0, 0.05) is 17.3 Å². The molecule has 3 rings (SSSR count). The van der Waals surface area contributed by atoms with Crippen LogP contribution in [0.3, 0.4) is 0 Å². The summed E-state index contributed by atoms with van der Waals surface area (Å²) in [6.45, 7) is -0.0980. The number of azo groups is 1. The Morgan fingerprint density at radius 1 is 1.35 bits per heavy atom. The number of rotatable bonds is 2. The third-order valence-corrected chi connectivity index (χ3v) is 2.64. The molecule has 0 aliphatic carbocycles. The highest BCUT2D eigenvalue weighted by molar-refractivity contribution is 5.43. The first-order valence-corrected chi connectivity index (χ1v) is 5.23. The average Bonchev–Trinajstić information content (AvgIpc) is 2.87. The molecule has 2 heterocycles. The molecule has 1 aromatic carbocycles. The van der Waals surface area contributed by atoms with E-state index in [9.17, 15) is 0 Å². The number of fused-ring (bicyclic) bond motifs is 1. The molecule has 0 radical (unpaired) electrons. The fourth-order valence-corrected chi connectivity index (χ4v) is 1.86. The Morgan fingerprint density at radius 3 is 3.00 bits per heavy atom. The quantitative estimate of drug-likeness (QED) is 0.766. The monoisotopic (exact) mass is 229 g/mol. The van der Waals surface area contributed by atoms with Crippen molar-refractivity contribution in [3.63, 3.8) is 0 Å². The summed E-state index contributed by atoms with van der Waals surface area (Å²) in [5.74, 6) is 0.654. The van der Waals surface area contributed by atoms with Crippen LogP contribution in [0.2, 0.25) is 0 Å². The van der Waals surface area contributed by atoms with Gasteiger partial charge in [0.25, 0.3) is 0 Å². The van der Waals surface area contributed by atoms with E-state index in [1.54, 1.807) is 10.7 Å². The second-order valence-corrected chi connectivity index (χ2v) is 3.86. The van der Waals surface area contributed by atoms with E-state index in [2.05, 4.69) is 15.3 Å². The largest absolute Gasteiger partial charge is 0.399 e. The minimum absolute atomic E-state index is 0.0980. The van der Waals surface area contributed by atoms with Crippen LogP contribution in [-0.4, -0.2) is 14.9 Å². The average molecular weight is 229 g/mol. The van der Waals surface area contributed by atoms with E-state index >= 15 is 0 Å². The van der Waals surface area contributed by atoms with E-state index in [4.69, 9.17) is 10.8 Å². The number of nitrogens with zero attached hydrogens (tertiary/aromatic N) is 4. The van der Waals surface area contributed by atoms with Crippen molar-refractivity contribution in [1.82, 2.24) is 9.78 Å². The van der Waals surface area contributed by atoms with Gasteiger partial charge in [-0.15, -0.1) is 5.11 Å². The van der Waals surface area contributed by atoms with Crippen LogP contribution in [0.1, 0.15) is 17.4 Å². The number of anilines is 1. The van der Waals surface area contributed by atoms with Crippen LogP contribution in [0.25, 0.3) is 0 Å². The SMILES string of the molecule is Nc1cccc(C2N=Nc3cc(CO)nn32)c1. The molecule has 2 aromatic rings. The Balaban J connectivity index is 2.03. The molecule has 6 heteroatoms. The van der Waals surface area contributed by atoms with Gasteiger partial charge in [0.2, 0.25) is 0 Å². The van der Waals surface area contributed by atoms with E-state index in [-0.39, 0.29) is 12.8 Å². The molecule has 1 aromatic heterocycles. The van der Waals surface area contributed by atoms with Gasteiger partial charge in [0.05, 0.1) is 12.3 Å². The lowest BCUT2D eigenvalue weighted by molar-refractivity contribution is 0.274. The summed E-state index contributed by atoms with van der Waals surface area (Å²) >= 11 is 0. The molecule has 1 aliphatic rings. The first-order valence-electron chi connectivity index (χ1n) is 5.23. The van der Waals surface area contributed by atoms with Crippen LogP contribution >= 0.6 is 0 Å². The summed E-state index contributed by atoms with van der Waals surface area (Å²) in [7, 11) is 0. The van der Waals surface area contributed by atoms with Gasteiger partial charge in [-0.2, -0.15) is 10.2 Å². The minimum Gasteiger partial charge on any atom is -0.399 e. The Bertz CT molecular complexity index is 589. The molecule has 17 heavy (non-hydrogen) atoms. The van der Waals surface area contributed by atoms with E-state index in [1.807, 2.05) is 24.3 Å². The summed E-state index contributed by atoms with van der Waals surface area (Å²) in [6, 6.07) is 9.18. The molecular weight excluding hydrogens is 218 g/mol. The second kappa shape index (κ2) is 3.67. The molecule has 0 saturated carbocycles. The molecule has 0 bridgehead atoms. The van der Waals surface area contributed by atoms with E-state index < -0.39 is 0 Å². The van der Waals surface area contributed by atoms with Crippen molar-refractivity contribution in [2.24, 2.45) is 10.2 Å². The van der Waals surface area contributed by atoms with Gasteiger partial charge in [-0.05, 0) is 12.1 Å². The van der Waals surface area contributed by atoms with Gasteiger partial charge in [0.1, 0.15) is 0 Å². The lowest BCUT2D eigenvalue weighted by atomic mass is 10.1. The topological polar surface area (TPSA) is 88.8 Å². The lowest BCUT2D eigenvalue weighted by Gasteiger charge is -2.08. The predicted octanol–water partition coefficient (Wildman–Crippen LogP) is 1.60. The summed E-state index contributed by atoms with van der Waals surface area (Å²) < 4.78 is 1.68. The Labute approximate surface area is 97.4 Å². The maximum Gasteiger partial charge on any atom is 0.190 e. The van der Waals surface area contributed by atoms with Crippen molar-refractivity contribution in [3.8, 4) is 0 Å². The highest BCUT2D eigenvalue weighted by Gasteiger charge is 2.23. The smallest absolute Gasteiger partial charge is 0.190 e. The maximum absolute atomic E-state index is 9.03. The van der Waals surface area contributed by atoms with Crippen LogP contribution in [0.4, 0.5) is 11.5 Å². The van der Waals surface area contributed by atoms with Gasteiger partial charge in [-0.25, -0.2) is 4.68 Å². The number of aliphatic hydroxyl groups is 1. The molecule has 0 amide bonds. The van der Waals surface area contributed by atoms with Crippen LogP contribution in [0.5, 0.6) is 0 Å². The summed E-state index contributed by atoms with van der Waals surface area (Å²) in [4.78, 5) is 0. The van der Waals surface area contributed by atoms with E-state index in [0.29, 0.717) is 17.2 Å². The van der Waals surface area contributed by atoms with Crippen LogP contribution in [0.15, 0.2) is 40.6 Å². The van der Waals surface area contributed by atoms with Crippen LogP contribution in [0, 0.1) is 0 Å². The highest BCUT2D eigenvalue weighted by atomic mass is 16.3. The molecule has 0 saturated heterocycles. The first-order chi connectivity index (χ1) is 8.28. The van der Waals surface area contributed by atoms with E-state index in [1.165, 1.54) is 0 Å². The summed E-state index contributed by atoms with van der Waals surface area (Å²) in [5.41, 5.74) is 7.94. The van der Waals surface area contributed by atoms with Gasteiger partial charge in [0.15, 0.2) is 12.0 Å². The Hall–Kier alpha value is -2.21. The van der Waals surface area contributed by atoms with Gasteiger partial charge in [-0.1, -0.05) is 12.1 Å². The number of nitrogens with two attached hydrogens (primary N) is 1. The summed E-state index contributed by atoms with van der Waals surface area (Å²) in [6.07, 6.45) is -0.284. The van der Waals surface area contributed by atoms with Crippen molar-refractivity contribution in [1.29, 1.82) is 0 Å².